The number of piperidine rings is 1. The Kier molecular flexibility index (Phi) is 5.62. The zero-order chi connectivity index (χ0) is 17.0. The van der Waals surface area contributed by atoms with E-state index in [-0.39, 0.29) is 29.8 Å². The second-order valence-electron chi connectivity index (χ2n) is 7.35. The molecule has 2 rings (SSSR count). The smallest absolute Gasteiger partial charge is 0.407 e. The Hall–Kier alpha value is -1.63. The SMILES string of the molecule is CC(C)(C)OC(=O)NCC1CCCC1NC1CCC(=O)NC1=O. The van der Waals surface area contributed by atoms with E-state index in [1.165, 1.54) is 0 Å². The van der Waals surface area contributed by atoms with Crippen LogP contribution < -0.4 is 16.0 Å². The third-order valence-corrected chi connectivity index (χ3v) is 4.22. The van der Waals surface area contributed by atoms with E-state index < -0.39 is 11.7 Å². The van der Waals surface area contributed by atoms with Crippen LogP contribution in [0.2, 0.25) is 0 Å². The average Bonchev–Trinajstić information content (AvgIpc) is 2.85. The van der Waals surface area contributed by atoms with Gasteiger partial charge in [-0.25, -0.2) is 4.79 Å². The summed E-state index contributed by atoms with van der Waals surface area (Å²) in [6, 6.07) is -0.145. The minimum atomic E-state index is -0.510. The van der Waals surface area contributed by atoms with Crippen LogP contribution in [0.5, 0.6) is 0 Å². The van der Waals surface area contributed by atoms with Crippen LogP contribution in [0.15, 0.2) is 0 Å². The van der Waals surface area contributed by atoms with Gasteiger partial charge in [0.15, 0.2) is 0 Å². The molecule has 1 aliphatic heterocycles. The molecule has 0 bridgehead atoms. The number of alkyl carbamates (subject to hydrolysis) is 1. The van der Waals surface area contributed by atoms with Crippen molar-refractivity contribution < 1.29 is 19.1 Å². The third kappa shape index (κ3) is 5.49. The highest BCUT2D eigenvalue weighted by atomic mass is 16.6. The number of ether oxygens (including phenoxy) is 1. The van der Waals surface area contributed by atoms with E-state index >= 15 is 0 Å². The Morgan fingerprint density at radius 1 is 1.26 bits per heavy atom. The maximum Gasteiger partial charge on any atom is 0.407 e. The lowest BCUT2D eigenvalue weighted by Gasteiger charge is -2.29. The lowest BCUT2D eigenvalue weighted by atomic mass is 9.99. The molecule has 2 fully saturated rings. The number of carbonyl (C=O) groups excluding carboxylic acids is 3. The monoisotopic (exact) mass is 325 g/mol. The molecule has 1 heterocycles. The molecule has 7 heteroatoms. The number of rotatable bonds is 4. The van der Waals surface area contributed by atoms with Crippen molar-refractivity contribution in [3.63, 3.8) is 0 Å². The number of nitrogens with one attached hydrogen (secondary N) is 3. The first-order valence-electron chi connectivity index (χ1n) is 8.31. The van der Waals surface area contributed by atoms with Crippen LogP contribution in [0.25, 0.3) is 0 Å². The number of hydrogen-bond donors (Lipinski definition) is 3. The highest BCUT2D eigenvalue weighted by Gasteiger charge is 2.34. The fraction of sp³-hybridized carbons (Fsp3) is 0.812. The molecule has 7 nitrogen and oxygen atoms in total. The van der Waals surface area contributed by atoms with E-state index in [9.17, 15) is 14.4 Å². The largest absolute Gasteiger partial charge is 0.444 e. The maximum absolute atomic E-state index is 11.8. The Morgan fingerprint density at radius 2 is 2.00 bits per heavy atom. The highest BCUT2D eigenvalue weighted by molar-refractivity contribution is 6.00. The summed E-state index contributed by atoms with van der Waals surface area (Å²) >= 11 is 0. The molecule has 1 saturated carbocycles. The summed E-state index contributed by atoms with van der Waals surface area (Å²) in [7, 11) is 0. The first-order chi connectivity index (χ1) is 10.7. The van der Waals surface area contributed by atoms with Crippen molar-refractivity contribution in [3.8, 4) is 0 Å². The number of imide groups is 1. The lowest BCUT2D eigenvalue weighted by molar-refractivity contribution is -0.134. The summed E-state index contributed by atoms with van der Waals surface area (Å²) in [4.78, 5) is 34.8. The third-order valence-electron chi connectivity index (χ3n) is 4.22. The second-order valence-corrected chi connectivity index (χ2v) is 7.35. The van der Waals surface area contributed by atoms with Crippen molar-refractivity contribution in [3.05, 3.63) is 0 Å². The predicted octanol–water partition coefficient (Wildman–Crippen LogP) is 1.07. The van der Waals surface area contributed by atoms with Gasteiger partial charge in [-0.1, -0.05) is 6.42 Å². The number of carbonyl (C=O) groups is 3. The zero-order valence-corrected chi connectivity index (χ0v) is 14.1. The standard InChI is InChI=1S/C16H27N3O4/c1-16(2,3)23-15(22)17-9-10-5-4-6-11(10)18-12-7-8-13(20)19-14(12)21/h10-12,18H,4-9H2,1-3H3,(H,17,22)(H,19,20,21). The van der Waals surface area contributed by atoms with Crippen molar-refractivity contribution in [2.45, 2.75) is 70.6 Å². The Morgan fingerprint density at radius 3 is 2.65 bits per heavy atom. The summed E-state index contributed by atoms with van der Waals surface area (Å²) in [5, 5.41) is 8.53. The molecule has 3 N–H and O–H groups in total. The molecule has 0 aromatic carbocycles. The first kappa shape index (κ1) is 17.7. The molecule has 1 aliphatic carbocycles. The topological polar surface area (TPSA) is 96.5 Å². The van der Waals surface area contributed by atoms with Crippen molar-refractivity contribution in [1.82, 2.24) is 16.0 Å². The zero-order valence-electron chi connectivity index (χ0n) is 14.1. The van der Waals surface area contributed by atoms with Crippen LogP contribution in [0.4, 0.5) is 4.79 Å². The molecule has 3 amide bonds. The van der Waals surface area contributed by atoms with Gasteiger partial charge in [0.2, 0.25) is 11.8 Å². The first-order valence-corrected chi connectivity index (χ1v) is 8.31. The van der Waals surface area contributed by atoms with Gasteiger partial charge in [-0.05, 0) is 46.0 Å². The average molecular weight is 325 g/mol. The van der Waals surface area contributed by atoms with E-state index in [0.717, 1.165) is 19.3 Å². The fourth-order valence-electron chi connectivity index (χ4n) is 3.14. The van der Waals surface area contributed by atoms with Gasteiger partial charge < -0.3 is 15.4 Å². The second kappa shape index (κ2) is 7.29. The minimum Gasteiger partial charge on any atom is -0.444 e. The molecular weight excluding hydrogens is 298 g/mol. The lowest BCUT2D eigenvalue weighted by Crippen LogP contribution is -2.54. The van der Waals surface area contributed by atoms with Gasteiger partial charge >= 0.3 is 6.09 Å². The number of amides is 3. The summed E-state index contributed by atoms with van der Waals surface area (Å²) in [5.41, 5.74) is -0.510. The minimum absolute atomic E-state index is 0.175. The molecule has 0 radical (unpaired) electrons. The van der Waals surface area contributed by atoms with E-state index in [0.29, 0.717) is 19.4 Å². The number of hydrogen-bond acceptors (Lipinski definition) is 5. The summed E-state index contributed by atoms with van der Waals surface area (Å²) in [5.74, 6) is -0.178. The van der Waals surface area contributed by atoms with Crippen LogP contribution in [0.3, 0.4) is 0 Å². The van der Waals surface area contributed by atoms with Crippen molar-refractivity contribution in [1.29, 1.82) is 0 Å². The van der Waals surface area contributed by atoms with Gasteiger partial charge in [0.1, 0.15) is 5.60 Å². The highest BCUT2D eigenvalue weighted by Crippen LogP contribution is 2.26. The van der Waals surface area contributed by atoms with Crippen LogP contribution >= 0.6 is 0 Å². The van der Waals surface area contributed by atoms with E-state index in [4.69, 9.17) is 4.74 Å². The fourth-order valence-corrected chi connectivity index (χ4v) is 3.14. The van der Waals surface area contributed by atoms with E-state index in [1.54, 1.807) is 0 Å². The van der Waals surface area contributed by atoms with Gasteiger partial charge in [-0.2, -0.15) is 0 Å². The molecule has 0 spiro atoms. The summed E-state index contributed by atoms with van der Waals surface area (Å²) in [6.45, 7) is 6.01. The van der Waals surface area contributed by atoms with Crippen LogP contribution in [-0.2, 0) is 14.3 Å². The predicted molar refractivity (Wildman–Crippen MR) is 84.7 cm³/mol. The molecule has 0 aromatic heterocycles. The van der Waals surface area contributed by atoms with Gasteiger partial charge in [0.05, 0.1) is 6.04 Å². The molecular formula is C16H27N3O4. The van der Waals surface area contributed by atoms with Gasteiger partial charge in [0.25, 0.3) is 0 Å². The molecule has 130 valence electrons. The normalized spacial score (nSPS) is 28.4. The quantitative estimate of drug-likeness (QED) is 0.672. The van der Waals surface area contributed by atoms with Gasteiger partial charge in [0, 0.05) is 19.0 Å². The Labute approximate surface area is 136 Å². The molecule has 0 aromatic rings. The molecule has 2 aliphatic rings. The van der Waals surface area contributed by atoms with Crippen molar-refractivity contribution >= 4 is 17.9 Å². The summed E-state index contributed by atoms with van der Waals surface area (Å²) < 4.78 is 5.24. The van der Waals surface area contributed by atoms with E-state index in [1.807, 2.05) is 20.8 Å². The molecule has 3 atom stereocenters. The molecule has 23 heavy (non-hydrogen) atoms. The van der Waals surface area contributed by atoms with Gasteiger partial charge in [-0.15, -0.1) is 0 Å². The van der Waals surface area contributed by atoms with Crippen molar-refractivity contribution in [2.24, 2.45) is 5.92 Å². The van der Waals surface area contributed by atoms with Crippen molar-refractivity contribution in [2.75, 3.05) is 6.54 Å². The van der Waals surface area contributed by atoms with Crippen LogP contribution in [0, 0.1) is 5.92 Å². The maximum atomic E-state index is 11.8. The van der Waals surface area contributed by atoms with E-state index in [2.05, 4.69) is 16.0 Å². The van der Waals surface area contributed by atoms with Gasteiger partial charge in [-0.3, -0.25) is 14.9 Å². The Bertz CT molecular complexity index is 472. The Balaban J connectivity index is 1.80. The van der Waals surface area contributed by atoms with Crippen LogP contribution in [0.1, 0.15) is 52.9 Å². The molecule has 1 saturated heterocycles. The van der Waals surface area contributed by atoms with Crippen LogP contribution in [-0.4, -0.2) is 42.1 Å². The summed E-state index contributed by atoms with van der Waals surface area (Å²) in [6.07, 6.45) is 3.53. The molecule has 3 unspecified atom stereocenters.